The number of quaternary nitrogens is 1. The summed E-state index contributed by atoms with van der Waals surface area (Å²) >= 11 is 0. The van der Waals surface area contributed by atoms with Crippen LogP contribution in [0.3, 0.4) is 0 Å². The summed E-state index contributed by atoms with van der Waals surface area (Å²) in [5, 5.41) is 11.6. The maximum absolute atomic E-state index is 12.1. The Bertz CT molecular complexity index is 606. The summed E-state index contributed by atoms with van der Waals surface area (Å²) in [7, 11) is 0.477. The molecule has 0 unspecified atom stereocenters. The number of unbranched alkanes of at least 4 members (excludes halogenated alkanes) is 11. The van der Waals surface area contributed by atoms with Crippen molar-refractivity contribution in [1.29, 1.82) is 0 Å². The summed E-state index contributed by atoms with van der Waals surface area (Å²) in [5.41, 5.74) is 0. The zero-order valence-electron chi connectivity index (χ0n) is 20.9. The van der Waals surface area contributed by atoms with Crippen LogP contribution in [-0.2, 0) is 19.4 Å². The van der Waals surface area contributed by atoms with Gasteiger partial charge in [0.2, 0.25) is 5.91 Å². The number of amides is 1. The lowest BCUT2D eigenvalue weighted by Crippen LogP contribution is -2.45. The number of rotatable bonds is 22. The predicted molar refractivity (Wildman–Crippen MR) is 131 cm³/mol. The largest absolute Gasteiger partial charge is 0.477 e. The van der Waals surface area contributed by atoms with E-state index >= 15 is 0 Å². The van der Waals surface area contributed by atoms with Gasteiger partial charge < -0.3 is 14.9 Å². The fraction of sp³-hybridized carbons (Fsp3) is 0.917. The van der Waals surface area contributed by atoms with Crippen molar-refractivity contribution in [2.24, 2.45) is 0 Å². The number of nitrogens with zero attached hydrogens (tertiary/aromatic N) is 1. The molecule has 0 aliphatic heterocycles. The minimum absolute atomic E-state index is 0.00599. The first-order valence-electron chi connectivity index (χ1n) is 12.6. The fourth-order valence-corrected chi connectivity index (χ4v) is 5.13. The van der Waals surface area contributed by atoms with Gasteiger partial charge >= 0.3 is 5.97 Å². The molecule has 0 aliphatic rings. The van der Waals surface area contributed by atoms with E-state index in [0.717, 1.165) is 12.8 Å². The standard InChI is InChI=1S/C24H48N2O5S/c1-4-5-6-7-8-9-10-11-12-13-14-15-20-32(30,31)21-17-23(27)25-18-16-19-26(2,3)22-24(28)29/h4-22H2,1-3H3,(H-,25,27,28,29)/p+1. The summed E-state index contributed by atoms with van der Waals surface area (Å²) in [6.45, 7) is 3.33. The quantitative estimate of drug-likeness (QED) is 0.180. The smallest absolute Gasteiger partial charge is 0.359 e. The average molecular weight is 478 g/mol. The van der Waals surface area contributed by atoms with Crippen molar-refractivity contribution in [2.75, 3.05) is 45.2 Å². The monoisotopic (exact) mass is 477 g/mol. The lowest BCUT2D eigenvalue weighted by atomic mass is 10.1. The van der Waals surface area contributed by atoms with Gasteiger partial charge in [-0.2, -0.15) is 0 Å². The third-order valence-corrected chi connectivity index (χ3v) is 7.51. The number of carbonyl (C=O) groups is 2. The number of aliphatic carboxylic acids is 1. The molecule has 32 heavy (non-hydrogen) atoms. The molecule has 0 aromatic heterocycles. The lowest BCUT2D eigenvalue weighted by molar-refractivity contribution is -0.883. The lowest BCUT2D eigenvalue weighted by Gasteiger charge is -2.27. The Hall–Kier alpha value is -1.15. The zero-order chi connectivity index (χ0) is 24.3. The van der Waals surface area contributed by atoms with E-state index in [2.05, 4.69) is 12.2 Å². The second-order valence-electron chi connectivity index (χ2n) is 9.71. The first-order chi connectivity index (χ1) is 15.1. The average Bonchev–Trinajstić information content (AvgIpc) is 2.69. The van der Waals surface area contributed by atoms with E-state index in [1.54, 1.807) is 0 Å². The normalized spacial score (nSPS) is 12.1. The van der Waals surface area contributed by atoms with Crippen LogP contribution in [0, 0.1) is 0 Å². The zero-order valence-corrected chi connectivity index (χ0v) is 21.7. The molecule has 1 amide bonds. The third kappa shape index (κ3) is 20.7. The molecule has 0 rings (SSSR count). The van der Waals surface area contributed by atoms with E-state index in [1.807, 2.05) is 14.1 Å². The molecule has 0 saturated carbocycles. The number of carbonyl (C=O) groups excluding carboxylic acids is 1. The molecule has 0 radical (unpaired) electrons. The van der Waals surface area contributed by atoms with Crippen LogP contribution >= 0.6 is 0 Å². The summed E-state index contributed by atoms with van der Waals surface area (Å²) in [5.74, 6) is -1.04. The predicted octanol–water partition coefficient (Wildman–Crippen LogP) is 4.16. The number of hydrogen-bond donors (Lipinski definition) is 2. The van der Waals surface area contributed by atoms with Gasteiger partial charge in [-0.1, -0.05) is 77.6 Å². The van der Waals surface area contributed by atoms with E-state index < -0.39 is 15.8 Å². The SMILES string of the molecule is CCCCCCCCCCCCCCS(=O)(=O)CCC(=O)NCCC[N+](C)(C)CC(=O)O. The summed E-state index contributed by atoms with van der Waals surface area (Å²) in [4.78, 5) is 22.7. The van der Waals surface area contributed by atoms with Gasteiger partial charge in [0.05, 0.1) is 32.1 Å². The van der Waals surface area contributed by atoms with Crippen molar-refractivity contribution in [1.82, 2.24) is 5.32 Å². The van der Waals surface area contributed by atoms with Gasteiger partial charge in [0.1, 0.15) is 0 Å². The number of carboxylic acid groups (broad SMARTS) is 1. The molecule has 0 heterocycles. The van der Waals surface area contributed by atoms with Crippen LogP contribution in [0.25, 0.3) is 0 Å². The fourth-order valence-electron chi connectivity index (χ4n) is 3.78. The van der Waals surface area contributed by atoms with Crippen LogP contribution < -0.4 is 5.32 Å². The van der Waals surface area contributed by atoms with Crippen LogP contribution in [0.4, 0.5) is 0 Å². The van der Waals surface area contributed by atoms with Gasteiger partial charge in [0.25, 0.3) is 0 Å². The molecule has 190 valence electrons. The van der Waals surface area contributed by atoms with Gasteiger partial charge in [0, 0.05) is 19.4 Å². The maximum atomic E-state index is 12.1. The van der Waals surface area contributed by atoms with Crippen molar-refractivity contribution < 1.29 is 27.6 Å². The highest BCUT2D eigenvalue weighted by Crippen LogP contribution is 2.12. The van der Waals surface area contributed by atoms with Gasteiger partial charge in [-0.25, -0.2) is 13.2 Å². The Morgan fingerprint density at radius 1 is 0.781 bits per heavy atom. The highest BCUT2D eigenvalue weighted by molar-refractivity contribution is 7.91. The van der Waals surface area contributed by atoms with Gasteiger partial charge in [-0.05, 0) is 6.42 Å². The number of carboxylic acids is 1. The molecule has 2 N–H and O–H groups in total. The van der Waals surface area contributed by atoms with Gasteiger partial charge in [-0.15, -0.1) is 0 Å². The molecule has 0 bridgehead atoms. The number of likely N-dealkylation sites (N-methyl/N-ethyl adjacent to an activating group) is 1. The number of nitrogens with one attached hydrogen (secondary N) is 1. The highest BCUT2D eigenvalue weighted by atomic mass is 32.2. The molecule has 0 spiro atoms. The molecule has 0 aliphatic carbocycles. The Labute approximate surface area is 196 Å². The third-order valence-electron chi connectivity index (χ3n) is 5.77. The second-order valence-corrected chi connectivity index (χ2v) is 12.0. The van der Waals surface area contributed by atoms with Crippen molar-refractivity contribution in [3.63, 3.8) is 0 Å². The second kappa shape index (κ2) is 18.3. The van der Waals surface area contributed by atoms with Crippen LogP contribution in [0.1, 0.15) is 96.8 Å². The van der Waals surface area contributed by atoms with Crippen molar-refractivity contribution >= 4 is 21.7 Å². The molecule has 0 aromatic carbocycles. The molecule has 0 saturated heterocycles. The molecular weight excluding hydrogens is 428 g/mol. The van der Waals surface area contributed by atoms with E-state index in [4.69, 9.17) is 5.11 Å². The van der Waals surface area contributed by atoms with Crippen LogP contribution in [-0.4, -0.2) is 75.1 Å². The summed E-state index contributed by atoms with van der Waals surface area (Å²) < 4.78 is 24.6. The van der Waals surface area contributed by atoms with Gasteiger partial charge in [0.15, 0.2) is 16.4 Å². The minimum atomic E-state index is -3.19. The Morgan fingerprint density at radius 2 is 1.28 bits per heavy atom. The Balaban J connectivity index is 3.67. The number of hydrogen-bond acceptors (Lipinski definition) is 4. The van der Waals surface area contributed by atoms with Crippen LogP contribution in [0.5, 0.6) is 0 Å². The minimum Gasteiger partial charge on any atom is -0.477 e. The van der Waals surface area contributed by atoms with E-state index in [9.17, 15) is 18.0 Å². The van der Waals surface area contributed by atoms with Crippen molar-refractivity contribution in [3.05, 3.63) is 0 Å². The molecule has 0 atom stereocenters. The van der Waals surface area contributed by atoms with Crippen LogP contribution in [0.15, 0.2) is 0 Å². The molecule has 0 fully saturated rings. The van der Waals surface area contributed by atoms with E-state index in [1.165, 1.54) is 57.8 Å². The Kier molecular flexibility index (Phi) is 17.6. The molecule has 0 aromatic rings. The first-order valence-corrected chi connectivity index (χ1v) is 14.4. The topological polar surface area (TPSA) is 101 Å². The number of sulfone groups is 1. The van der Waals surface area contributed by atoms with Crippen molar-refractivity contribution in [3.8, 4) is 0 Å². The summed E-state index contributed by atoms with van der Waals surface area (Å²) in [6, 6.07) is 0. The maximum Gasteiger partial charge on any atom is 0.359 e. The van der Waals surface area contributed by atoms with E-state index in [-0.39, 0.29) is 30.4 Å². The van der Waals surface area contributed by atoms with Crippen molar-refractivity contribution in [2.45, 2.75) is 96.8 Å². The van der Waals surface area contributed by atoms with Crippen LogP contribution in [0.2, 0.25) is 0 Å². The molecule has 7 nitrogen and oxygen atoms in total. The summed E-state index contributed by atoms with van der Waals surface area (Å²) in [6.07, 6.45) is 15.1. The Morgan fingerprint density at radius 3 is 1.78 bits per heavy atom. The van der Waals surface area contributed by atoms with Gasteiger partial charge in [-0.3, -0.25) is 4.79 Å². The first kappa shape index (κ1) is 30.9. The highest BCUT2D eigenvalue weighted by Gasteiger charge is 2.19. The molecule has 8 heteroatoms. The van der Waals surface area contributed by atoms with E-state index in [0.29, 0.717) is 30.4 Å². The molecular formula is C24H49N2O5S+.